The topological polar surface area (TPSA) is 57.7 Å². The molecule has 3 atom stereocenters. The van der Waals surface area contributed by atoms with E-state index in [1.54, 1.807) is 6.07 Å². The summed E-state index contributed by atoms with van der Waals surface area (Å²) in [7, 11) is 2.97. The summed E-state index contributed by atoms with van der Waals surface area (Å²) in [6, 6.07) is 15.9. The molecule has 1 saturated carbocycles. The average Bonchev–Trinajstić information content (AvgIpc) is 3.76. The molecule has 0 bridgehead atoms. The summed E-state index contributed by atoms with van der Waals surface area (Å²) < 4.78 is 31.2. The minimum Gasteiger partial charge on any atom is -0.485 e. The lowest BCUT2D eigenvalue weighted by atomic mass is 9.82. The number of aryl methyl sites for hydroxylation is 1. The lowest BCUT2D eigenvalue weighted by Crippen LogP contribution is -2.22. The normalized spacial score (nSPS) is 18.8. The highest BCUT2D eigenvalue weighted by atomic mass is 19.1. The SMILES string of the molecule is COC(=O)C(C)C(c1ccc2c(c1)OC(c1ccc(-c3cc(OC)ncc3F)cc1)CCC2)C1CC1. The van der Waals surface area contributed by atoms with E-state index in [0.29, 0.717) is 17.4 Å². The fraction of sp³-hybridized carbons (Fsp3) is 0.400. The number of benzene rings is 2. The molecule has 0 spiro atoms. The zero-order valence-electron chi connectivity index (χ0n) is 21.0. The van der Waals surface area contributed by atoms with E-state index in [9.17, 15) is 9.18 Å². The smallest absolute Gasteiger partial charge is 0.309 e. The van der Waals surface area contributed by atoms with Gasteiger partial charge in [-0.05, 0) is 72.3 Å². The van der Waals surface area contributed by atoms with Crippen molar-refractivity contribution in [1.29, 1.82) is 0 Å². The number of esters is 1. The number of rotatable bonds is 7. The van der Waals surface area contributed by atoms with Gasteiger partial charge < -0.3 is 14.2 Å². The molecule has 2 aromatic carbocycles. The molecule has 5 nitrogen and oxygen atoms in total. The van der Waals surface area contributed by atoms with Crippen LogP contribution in [0.25, 0.3) is 11.1 Å². The minimum atomic E-state index is -0.387. The molecule has 3 unspecified atom stereocenters. The number of halogens is 1. The molecule has 3 aromatic rings. The molecule has 1 aliphatic carbocycles. The molecule has 0 amide bonds. The number of methoxy groups -OCH3 is 2. The van der Waals surface area contributed by atoms with Crippen LogP contribution in [0.5, 0.6) is 11.6 Å². The largest absolute Gasteiger partial charge is 0.485 e. The van der Waals surface area contributed by atoms with Crippen LogP contribution in [-0.4, -0.2) is 25.2 Å². The number of ether oxygens (including phenoxy) is 3. The fourth-order valence-corrected chi connectivity index (χ4v) is 5.41. The predicted octanol–water partition coefficient (Wildman–Crippen LogP) is 6.66. The molecule has 36 heavy (non-hydrogen) atoms. The van der Waals surface area contributed by atoms with Crippen molar-refractivity contribution in [2.75, 3.05) is 14.2 Å². The molecule has 0 N–H and O–H groups in total. The van der Waals surface area contributed by atoms with Gasteiger partial charge in [-0.1, -0.05) is 43.3 Å². The van der Waals surface area contributed by atoms with Crippen molar-refractivity contribution >= 4 is 5.97 Å². The summed E-state index contributed by atoms with van der Waals surface area (Å²) in [6.07, 6.45) is 6.23. The van der Waals surface area contributed by atoms with Gasteiger partial charge in [0.25, 0.3) is 0 Å². The first kappa shape index (κ1) is 24.3. The summed E-state index contributed by atoms with van der Waals surface area (Å²) in [5.41, 5.74) is 4.62. The number of hydrogen-bond acceptors (Lipinski definition) is 5. The molecular formula is C30H32FNO4. The van der Waals surface area contributed by atoms with E-state index >= 15 is 0 Å². The Balaban J connectivity index is 1.39. The maximum absolute atomic E-state index is 14.4. The van der Waals surface area contributed by atoms with Gasteiger partial charge in [0.2, 0.25) is 5.88 Å². The quantitative estimate of drug-likeness (QED) is 0.348. The van der Waals surface area contributed by atoms with Crippen LogP contribution < -0.4 is 9.47 Å². The second-order valence-electron chi connectivity index (χ2n) is 9.87. The number of hydrogen-bond donors (Lipinski definition) is 0. The van der Waals surface area contributed by atoms with Crippen molar-refractivity contribution in [2.45, 2.75) is 51.0 Å². The lowest BCUT2D eigenvalue weighted by Gasteiger charge is -2.24. The molecule has 0 radical (unpaired) electrons. The summed E-state index contributed by atoms with van der Waals surface area (Å²) in [5.74, 6) is 1.18. The van der Waals surface area contributed by atoms with Gasteiger partial charge in [0.15, 0.2) is 0 Å². The average molecular weight is 490 g/mol. The molecule has 1 fully saturated rings. The Kier molecular flexibility index (Phi) is 6.95. The van der Waals surface area contributed by atoms with E-state index < -0.39 is 0 Å². The van der Waals surface area contributed by atoms with Crippen LogP contribution in [0.2, 0.25) is 0 Å². The van der Waals surface area contributed by atoms with Gasteiger partial charge in [-0.15, -0.1) is 0 Å². The Morgan fingerprint density at radius 3 is 2.56 bits per heavy atom. The molecular weight excluding hydrogens is 457 g/mol. The van der Waals surface area contributed by atoms with Gasteiger partial charge >= 0.3 is 5.97 Å². The molecule has 188 valence electrons. The van der Waals surface area contributed by atoms with E-state index in [1.807, 2.05) is 31.2 Å². The molecule has 2 aliphatic rings. The van der Waals surface area contributed by atoms with Crippen LogP contribution in [0.4, 0.5) is 4.39 Å². The summed E-state index contributed by atoms with van der Waals surface area (Å²) in [6.45, 7) is 1.97. The van der Waals surface area contributed by atoms with Gasteiger partial charge in [0.1, 0.15) is 17.7 Å². The zero-order valence-corrected chi connectivity index (χ0v) is 21.0. The Morgan fingerprint density at radius 2 is 1.86 bits per heavy atom. The van der Waals surface area contributed by atoms with Gasteiger partial charge in [-0.3, -0.25) is 4.79 Å². The second-order valence-corrected chi connectivity index (χ2v) is 9.87. The molecule has 6 heteroatoms. The van der Waals surface area contributed by atoms with E-state index in [-0.39, 0.29) is 29.7 Å². The summed E-state index contributed by atoms with van der Waals surface area (Å²) in [4.78, 5) is 16.3. The van der Waals surface area contributed by atoms with Crippen LogP contribution in [0, 0.1) is 17.7 Å². The standard InChI is InChI=1S/C30H32FNO4/c1-18(30(33)35-3)29(22-12-13-22)23-14-11-20-5-4-6-26(36-27(20)15-23)21-9-7-19(8-10-21)24-16-28(34-2)32-17-25(24)31/h7-11,14-18,22,26,29H,4-6,12-13H2,1-3H3. The van der Waals surface area contributed by atoms with E-state index in [1.165, 1.54) is 26.0 Å². The number of fused-ring (bicyclic) bond motifs is 1. The highest BCUT2D eigenvalue weighted by molar-refractivity contribution is 5.73. The Morgan fingerprint density at radius 1 is 1.08 bits per heavy atom. The van der Waals surface area contributed by atoms with Gasteiger partial charge in [-0.25, -0.2) is 9.37 Å². The zero-order chi connectivity index (χ0) is 25.2. The van der Waals surface area contributed by atoms with Crippen molar-refractivity contribution in [3.8, 4) is 22.8 Å². The van der Waals surface area contributed by atoms with Crippen molar-refractivity contribution in [1.82, 2.24) is 4.98 Å². The number of nitrogens with zero attached hydrogens (tertiary/aromatic N) is 1. The highest BCUT2D eigenvalue weighted by Crippen LogP contribution is 2.48. The first-order valence-corrected chi connectivity index (χ1v) is 12.7. The van der Waals surface area contributed by atoms with Crippen LogP contribution in [-0.2, 0) is 16.0 Å². The molecule has 5 rings (SSSR count). The number of carbonyl (C=O) groups is 1. The number of carbonyl (C=O) groups excluding carboxylic acids is 1. The van der Waals surface area contributed by atoms with Crippen molar-refractivity contribution in [3.05, 3.63) is 77.2 Å². The maximum atomic E-state index is 14.4. The number of pyridine rings is 1. The van der Waals surface area contributed by atoms with Crippen molar-refractivity contribution in [3.63, 3.8) is 0 Å². The van der Waals surface area contributed by atoms with Crippen molar-refractivity contribution in [2.24, 2.45) is 11.8 Å². The van der Waals surface area contributed by atoms with Crippen molar-refractivity contribution < 1.29 is 23.4 Å². The summed E-state index contributed by atoms with van der Waals surface area (Å²) in [5, 5.41) is 0. The monoisotopic (exact) mass is 489 g/mol. The highest BCUT2D eigenvalue weighted by Gasteiger charge is 2.39. The Hall–Kier alpha value is -3.41. The van der Waals surface area contributed by atoms with Gasteiger partial charge in [0, 0.05) is 11.6 Å². The second kappa shape index (κ2) is 10.3. The molecule has 1 aliphatic heterocycles. The molecule has 2 heterocycles. The predicted molar refractivity (Wildman–Crippen MR) is 136 cm³/mol. The Bertz CT molecular complexity index is 1240. The first-order valence-electron chi connectivity index (χ1n) is 12.7. The van der Waals surface area contributed by atoms with Crippen LogP contribution >= 0.6 is 0 Å². The van der Waals surface area contributed by atoms with Gasteiger partial charge in [-0.2, -0.15) is 0 Å². The van der Waals surface area contributed by atoms with Crippen LogP contribution in [0.15, 0.2) is 54.7 Å². The van der Waals surface area contributed by atoms with Crippen LogP contribution in [0.3, 0.4) is 0 Å². The maximum Gasteiger partial charge on any atom is 0.309 e. The third kappa shape index (κ3) is 4.95. The Labute approximate surface area is 211 Å². The minimum absolute atomic E-state index is 0.0928. The molecule has 0 saturated heterocycles. The number of aromatic nitrogens is 1. The summed E-state index contributed by atoms with van der Waals surface area (Å²) >= 11 is 0. The lowest BCUT2D eigenvalue weighted by molar-refractivity contribution is -0.145. The fourth-order valence-electron chi connectivity index (χ4n) is 5.41. The third-order valence-electron chi connectivity index (χ3n) is 7.53. The molecule has 1 aromatic heterocycles. The van der Waals surface area contributed by atoms with Crippen LogP contribution in [0.1, 0.15) is 61.3 Å². The van der Waals surface area contributed by atoms with E-state index in [2.05, 4.69) is 23.2 Å². The van der Waals surface area contributed by atoms with Gasteiger partial charge in [0.05, 0.1) is 26.3 Å². The first-order chi connectivity index (χ1) is 17.5. The van der Waals surface area contributed by atoms with E-state index in [4.69, 9.17) is 14.2 Å². The van der Waals surface area contributed by atoms with E-state index in [0.717, 1.165) is 54.5 Å². The third-order valence-corrected chi connectivity index (χ3v) is 7.53.